The van der Waals surface area contributed by atoms with Crippen molar-refractivity contribution in [3.63, 3.8) is 0 Å². The summed E-state index contributed by atoms with van der Waals surface area (Å²) < 4.78 is 37.0. The first-order valence-corrected chi connectivity index (χ1v) is 7.73. The van der Waals surface area contributed by atoms with Crippen molar-refractivity contribution < 1.29 is 27.9 Å². The third-order valence-electron chi connectivity index (χ3n) is 3.87. The molecule has 0 spiro atoms. The molecular formula is C18H16F2N2O4. The smallest absolute Gasteiger partial charge is 0.268 e. The van der Waals surface area contributed by atoms with Crippen molar-refractivity contribution in [2.45, 2.75) is 12.5 Å². The lowest BCUT2D eigenvalue weighted by atomic mass is 10.0. The van der Waals surface area contributed by atoms with E-state index in [0.717, 1.165) is 12.1 Å². The van der Waals surface area contributed by atoms with Crippen molar-refractivity contribution in [1.29, 1.82) is 0 Å². The molecule has 0 bridgehead atoms. The van der Waals surface area contributed by atoms with Crippen LogP contribution in [0.3, 0.4) is 0 Å². The quantitative estimate of drug-likeness (QED) is 0.887. The van der Waals surface area contributed by atoms with Gasteiger partial charge in [0.1, 0.15) is 11.6 Å². The summed E-state index contributed by atoms with van der Waals surface area (Å²) in [6.45, 7) is 0. The minimum atomic E-state index is -0.914. The highest BCUT2D eigenvalue weighted by Gasteiger charge is 2.30. The number of nitrogens with one attached hydrogen (secondary N) is 1. The molecule has 0 fully saturated rings. The molecular weight excluding hydrogens is 346 g/mol. The largest absolute Gasteiger partial charge is 0.493 e. The third-order valence-corrected chi connectivity index (χ3v) is 3.87. The number of carbonyl (C=O) groups excluding carboxylic acids is 1. The zero-order valence-electron chi connectivity index (χ0n) is 14.1. The van der Waals surface area contributed by atoms with Gasteiger partial charge < -0.3 is 19.6 Å². The van der Waals surface area contributed by atoms with Gasteiger partial charge in [0, 0.05) is 18.1 Å². The Hall–Kier alpha value is -3.16. The van der Waals surface area contributed by atoms with Crippen LogP contribution in [0.4, 0.5) is 14.5 Å². The van der Waals surface area contributed by atoms with Crippen molar-refractivity contribution in [3.05, 3.63) is 53.6 Å². The van der Waals surface area contributed by atoms with Crippen molar-refractivity contribution in [1.82, 2.24) is 0 Å². The van der Waals surface area contributed by atoms with Crippen LogP contribution in [0.25, 0.3) is 0 Å². The number of nitrogens with zero attached hydrogens (tertiary/aromatic N) is 1. The summed E-state index contributed by atoms with van der Waals surface area (Å²) >= 11 is 0. The Morgan fingerprint density at radius 2 is 1.92 bits per heavy atom. The Balaban J connectivity index is 1.68. The maximum atomic E-state index is 13.6. The molecule has 1 unspecified atom stereocenters. The first kappa shape index (κ1) is 17.7. The van der Waals surface area contributed by atoms with Gasteiger partial charge in [-0.05, 0) is 30.3 Å². The number of amides is 1. The molecule has 26 heavy (non-hydrogen) atoms. The van der Waals surface area contributed by atoms with Gasteiger partial charge in [-0.15, -0.1) is 0 Å². The van der Waals surface area contributed by atoms with Crippen LogP contribution < -0.4 is 14.8 Å². The number of hydrogen-bond acceptors (Lipinski definition) is 5. The zero-order valence-corrected chi connectivity index (χ0v) is 14.1. The van der Waals surface area contributed by atoms with Crippen LogP contribution in [0.5, 0.6) is 11.5 Å². The highest BCUT2D eigenvalue weighted by Crippen LogP contribution is 2.29. The molecule has 0 saturated carbocycles. The number of anilines is 1. The predicted molar refractivity (Wildman–Crippen MR) is 90.6 cm³/mol. The fraction of sp³-hybridized carbons (Fsp3) is 0.222. The Kier molecular flexibility index (Phi) is 5.01. The van der Waals surface area contributed by atoms with E-state index in [9.17, 15) is 13.6 Å². The molecule has 2 aromatic rings. The van der Waals surface area contributed by atoms with Gasteiger partial charge in [-0.3, -0.25) is 4.79 Å². The summed E-state index contributed by atoms with van der Waals surface area (Å²) in [4.78, 5) is 17.4. The number of oxime groups is 1. The number of rotatable bonds is 5. The second-order valence-corrected chi connectivity index (χ2v) is 5.52. The summed E-state index contributed by atoms with van der Waals surface area (Å²) in [6.07, 6.45) is -0.716. The molecule has 0 aromatic heterocycles. The van der Waals surface area contributed by atoms with Gasteiger partial charge >= 0.3 is 0 Å². The van der Waals surface area contributed by atoms with Gasteiger partial charge in [0.05, 0.1) is 25.6 Å². The first-order valence-electron chi connectivity index (χ1n) is 7.73. The summed E-state index contributed by atoms with van der Waals surface area (Å²) in [5.41, 5.74) is 1.14. The van der Waals surface area contributed by atoms with Gasteiger partial charge in [0.15, 0.2) is 11.5 Å². The number of halogens is 2. The molecule has 6 nitrogen and oxygen atoms in total. The van der Waals surface area contributed by atoms with Crippen LogP contribution in [0.15, 0.2) is 41.6 Å². The van der Waals surface area contributed by atoms with Gasteiger partial charge in [-0.2, -0.15) is 0 Å². The second kappa shape index (κ2) is 7.38. The molecule has 1 atom stereocenters. The van der Waals surface area contributed by atoms with E-state index in [1.165, 1.54) is 14.2 Å². The molecule has 0 radical (unpaired) electrons. The van der Waals surface area contributed by atoms with Crippen molar-refractivity contribution >= 4 is 17.3 Å². The Morgan fingerprint density at radius 3 is 2.62 bits per heavy atom. The van der Waals surface area contributed by atoms with Crippen molar-refractivity contribution in [2.75, 3.05) is 19.5 Å². The normalized spacial score (nSPS) is 15.8. The van der Waals surface area contributed by atoms with Gasteiger partial charge in [0.25, 0.3) is 5.91 Å². The van der Waals surface area contributed by atoms with Gasteiger partial charge in [-0.25, -0.2) is 8.78 Å². The maximum absolute atomic E-state index is 13.6. The zero-order chi connectivity index (χ0) is 18.7. The Morgan fingerprint density at radius 1 is 1.15 bits per heavy atom. The molecule has 0 saturated heterocycles. The van der Waals surface area contributed by atoms with Crippen LogP contribution in [0.1, 0.15) is 12.0 Å². The standard InChI is InChI=1S/C18H16F2N2O4/c1-24-15-6-3-10(7-16(15)25-2)14-9-17(26-22-14)18(23)21-13-5-4-11(19)8-12(13)20/h3-8,17H,9H2,1-2H3,(H,21,23). The average molecular weight is 362 g/mol. The molecule has 3 rings (SSSR count). The second-order valence-electron chi connectivity index (χ2n) is 5.52. The van der Waals surface area contributed by atoms with E-state index in [-0.39, 0.29) is 12.1 Å². The fourth-order valence-corrected chi connectivity index (χ4v) is 2.51. The van der Waals surface area contributed by atoms with Crippen molar-refractivity contribution in [3.8, 4) is 11.5 Å². The summed E-state index contributed by atoms with van der Waals surface area (Å²) in [7, 11) is 3.05. The molecule has 1 aliphatic rings. The van der Waals surface area contributed by atoms with Crippen molar-refractivity contribution in [2.24, 2.45) is 5.16 Å². The molecule has 1 aliphatic heterocycles. The molecule has 2 aromatic carbocycles. The van der Waals surface area contributed by atoms with Crippen LogP contribution in [-0.4, -0.2) is 31.9 Å². The Bertz CT molecular complexity index is 870. The van der Waals surface area contributed by atoms with E-state index >= 15 is 0 Å². The molecule has 136 valence electrons. The molecule has 0 aliphatic carbocycles. The minimum absolute atomic E-state index is 0.125. The van der Waals surface area contributed by atoms with E-state index in [1.807, 2.05) is 0 Å². The number of benzene rings is 2. The van der Waals surface area contributed by atoms with E-state index in [2.05, 4.69) is 10.5 Å². The number of carbonyl (C=O) groups is 1. The average Bonchev–Trinajstić information content (AvgIpc) is 3.13. The number of hydrogen-bond donors (Lipinski definition) is 1. The van der Waals surface area contributed by atoms with E-state index in [1.54, 1.807) is 18.2 Å². The van der Waals surface area contributed by atoms with E-state index in [0.29, 0.717) is 28.8 Å². The maximum Gasteiger partial charge on any atom is 0.268 e. The minimum Gasteiger partial charge on any atom is -0.493 e. The monoisotopic (exact) mass is 362 g/mol. The summed E-state index contributed by atoms with van der Waals surface area (Å²) in [5.74, 6) is -1.07. The molecule has 1 N–H and O–H groups in total. The summed E-state index contributed by atoms with van der Waals surface area (Å²) in [6, 6.07) is 8.10. The van der Waals surface area contributed by atoms with Gasteiger partial charge in [-0.1, -0.05) is 5.16 Å². The highest BCUT2D eigenvalue weighted by atomic mass is 19.1. The van der Waals surface area contributed by atoms with Crippen LogP contribution in [0.2, 0.25) is 0 Å². The topological polar surface area (TPSA) is 69.2 Å². The molecule has 1 amide bonds. The van der Waals surface area contributed by atoms with E-state index < -0.39 is 23.6 Å². The highest BCUT2D eigenvalue weighted by molar-refractivity contribution is 6.06. The van der Waals surface area contributed by atoms with Gasteiger partial charge in [0.2, 0.25) is 6.10 Å². The molecule has 1 heterocycles. The predicted octanol–water partition coefficient (Wildman–Crippen LogP) is 3.11. The number of methoxy groups -OCH3 is 2. The lowest BCUT2D eigenvalue weighted by Gasteiger charge is -2.11. The van der Waals surface area contributed by atoms with Crippen LogP contribution in [-0.2, 0) is 9.63 Å². The van der Waals surface area contributed by atoms with Crippen LogP contribution >= 0.6 is 0 Å². The Labute approximate surface area is 148 Å². The fourth-order valence-electron chi connectivity index (χ4n) is 2.51. The third kappa shape index (κ3) is 3.58. The first-order chi connectivity index (χ1) is 12.5. The number of ether oxygens (including phenoxy) is 2. The lowest BCUT2D eigenvalue weighted by molar-refractivity contribution is -0.125. The van der Waals surface area contributed by atoms with E-state index in [4.69, 9.17) is 14.3 Å². The SMILES string of the molecule is COc1ccc(C2=NOC(C(=O)Nc3ccc(F)cc3F)C2)cc1OC. The lowest BCUT2D eigenvalue weighted by Crippen LogP contribution is -2.28. The van der Waals surface area contributed by atoms with Crippen LogP contribution in [0, 0.1) is 11.6 Å². The molecule has 8 heteroatoms. The summed E-state index contributed by atoms with van der Waals surface area (Å²) in [5, 5.41) is 6.29.